The summed E-state index contributed by atoms with van der Waals surface area (Å²) in [5.74, 6) is 0.694. The molecule has 0 aliphatic heterocycles. The van der Waals surface area contributed by atoms with Gasteiger partial charge in [0, 0.05) is 16.7 Å². The van der Waals surface area contributed by atoms with Gasteiger partial charge in [-0.25, -0.2) is 9.97 Å². The zero-order valence-corrected chi connectivity index (χ0v) is 32.7. The zero-order chi connectivity index (χ0) is 39.6. The molecule has 0 aliphatic rings. The van der Waals surface area contributed by atoms with E-state index in [0.717, 1.165) is 33.6 Å². The Morgan fingerprint density at radius 3 is 1.27 bits per heavy atom. The van der Waals surface area contributed by atoms with E-state index in [4.69, 9.17) is 9.97 Å². The Balaban J connectivity index is 1.07. The van der Waals surface area contributed by atoms with Crippen LogP contribution in [0.5, 0.6) is 0 Å². The Bertz CT molecular complexity index is 3630. The number of benzene rings is 11. The zero-order valence-electron chi connectivity index (χ0n) is 32.7. The molecule has 12 aromatic rings. The highest BCUT2D eigenvalue weighted by atomic mass is 14.9. The summed E-state index contributed by atoms with van der Waals surface area (Å²) < 4.78 is 0. The van der Waals surface area contributed by atoms with Crippen molar-refractivity contribution in [3.05, 3.63) is 218 Å². The van der Waals surface area contributed by atoms with Crippen LogP contribution in [0.1, 0.15) is 0 Å². The molecular weight excluding hydrogens is 725 g/mol. The Kier molecular flexibility index (Phi) is 7.89. The standard InChI is InChI=1S/C58H36N2/c1-2-12-37(13-3-1)38-22-28-43(29-23-38)58-59-54(36-55(60-58)57-49-21-11-7-17-45(49)35-53-47-19-9-5-15-40(47)31-33-51(53)57)41-24-26-42(27-25-41)56-48-20-10-6-16-44(48)34-52-46-18-8-4-14-39(46)30-32-50(52)56/h1-36H. The van der Waals surface area contributed by atoms with Gasteiger partial charge in [-0.1, -0.05) is 200 Å². The van der Waals surface area contributed by atoms with E-state index in [-0.39, 0.29) is 0 Å². The van der Waals surface area contributed by atoms with Crippen LogP contribution in [0.15, 0.2) is 218 Å². The fourth-order valence-electron chi connectivity index (χ4n) is 9.33. The first-order chi connectivity index (χ1) is 29.7. The van der Waals surface area contributed by atoms with Gasteiger partial charge in [-0.2, -0.15) is 0 Å². The van der Waals surface area contributed by atoms with Gasteiger partial charge in [0.1, 0.15) is 0 Å². The second-order valence-corrected chi connectivity index (χ2v) is 15.7. The highest BCUT2D eigenvalue weighted by molar-refractivity contribution is 6.21. The van der Waals surface area contributed by atoms with Gasteiger partial charge in [0.15, 0.2) is 5.82 Å². The molecule has 11 aromatic carbocycles. The minimum atomic E-state index is 0.694. The minimum absolute atomic E-state index is 0.694. The topological polar surface area (TPSA) is 25.8 Å². The quantitative estimate of drug-likeness (QED) is 0.129. The second kappa shape index (κ2) is 13.9. The molecule has 0 atom stereocenters. The fraction of sp³-hybridized carbons (Fsp3) is 0. The van der Waals surface area contributed by atoms with E-state index in [1.807, 2.05) is 0 Å². The Labute approximate surface area is 347 Å². The third kappa shape index (κ3) is 5.65. The second-order valence-electron chi connectivity index (χ2n) is 15.7. The summed E-state index contributed by atoms with van der Waals surface area (Å²) in [5.41, 5.74) is 9.66. The van der Waals surface area contributed by atoms with E-state index in [1.54, 1.807) is 0 Å². The van der Waals surface area contributed by atoms with E-state index in [2.05, 4.69) is 218 Å². The molecule has 0 radical (unpaired) electrons. The van der Waals surface area contributed by atoms with Crippen molar-refractivity contribution in [2.75, 3.05) is 0 Å². The smallest absolute Gasteiger partial charge is 0.160 e. The Morgan fingerprint density at radius 1 is 0.217 bits per heavy atom. The average molecular weight is 761 g/mol. The van der Waals surface area contributed by atoms with Crippen LogP contribution < -0.4 is 0 Å². The number of aromatic nitrogens is 2. The van der Waals surface area contributed by atoms with Crippen LogP contribution in [0.4, 0.5) is 0 Å². The van der Waals surface area contributed by atoms with Crippen molar-refractivity contribution >= 4 is 64.6 Å². The maximum absolute atomic E-state index is 5.43. The molecule has 278 valence electrons. The van der Waals surface area contributed by atoms with Gasteiger partial charge >= 0.3 is 0 Å². The van der Waals surface area contributed by atoms with Crippen LogP contribution in [0, 0.1) is 0 Å². The highest BCUT2D eigenvalue weighted by Gasteiger charge is 2.18. The third-order valence-electron chi connectivity index (χ3n) is 12.2. The normalized spacial score (nSPS) is 11.7. The predicted octanol–water partition coefficient (Wildman–Crippen LogP) is 15.7. The van der Waals surface area contributed by atoms with Crippen molar-refractivity contribution in [3.63, 3.8) is 0 Å². The van der Waals surface area contributed by atoms with E-state index in [9.17, 15) is 0 Å². The SMILES string of the molecule is c1ccc(-c2ccc(-c3nc(-c4ccc(-c5c6ccccc6cc6c5ccc5ccccc56)cc4)cc(-c4c5ccccc5cc5c4ccc4ccccc45)n3)cc2)cc1. The van der Waals surface area contributed by atoms with Gasteiger partial charge in [-0.15, -0.1) is 0 Å². The van der Waals surface area contributed by atoms with E-state index in [0.29, 0.717) is 5.82 Å². The largest absolute Gasteiger partial charge is 0.228 e. The first kappa shape index (κ1) is 34.1. The van der Waals surface area contributed by atoms with Crippen molar-refractivity contribution in [2.24, 2.45) is 0 Å². The first-order valence-electron chi connectivity index (χ1n) is 20.6. The first-order valence-corrected chi connectivity index (χ1v) is 20.6. The summed E-state index contributed by atoms with van der Waals surface area (Å²) in [6, 6.07) is 78.8. The van der Waals surface area contributed by atoms with E-state index < -0.39 is 0 Å². The number of nitrogens with zero attached hydrogens (tertiary/aromatic N) is 2. The van der Waals surface area contributed by atoms with Gasteiger partial charge in [-0.3, -0.25) is 0 Å². The molecular formula is C58H36N2. The van der Waals surface area contributed by atoms with Gasteiger partial charge in [0.25, 0.3) is 0 Å². The van der Waals surface area contributed by atoms with Gasteiger partial charge in [0.2, 0.25) is 0 Å². The van der Waals surface area contributed by atoms with Crippen molar-refractivity contribution in [3.8, 4) is 56.2 Å². The highest BCUT2D eigenvalue weighted by Crippen LogP contribution is 2.42. The maximum atomic E-state index is 5.43. The number of rotatable bonds is 5. The number of fused-ring (bicyclic) bond motifs is 8. The summed E-state index contributed by atoms with van der Waals surface area (Å²) in [5, 5.41) is 14.7. The van der Waals surface area contributed by atoms with E-state index >= 15 is 0 Å². The van der Waals surface area contributed by atoms with Crippen LogP contribution in [0.3, 0.4) is 0 Å². The van der Waals surface area contributed by atoms with Crippen LogP contribution >= 0.6 is 0 Å². The van der Waals surface area contributed by atoms with Crippen molar-refractivity contribution in [1.29, 1.82) is 0 Å². The molecule has 0 fully saturated rings. The molecule has 12 rings (SSSR count). The summed E-state index contributed by atoms with van der Waals surface area (Å²) in [6.07, 6.45) is 0. The summed E-state index contributed by atoms with van der Waals surface area (Å²) >= 11 is 0. The third-order valence-corrected chi connectivity index (χ3v) is 12.2. The van der Waals surface area contributed by atoms with Crippen molar-refractivity contribution < 1.29 is 0 Å². The predicted molar refractivity (Wildman–Crippen MR) is 254 cm³/mol. The molecule has 60 heavy (non-hydrogen) atoms. The van der Waals surface area contributed by atoms with Crippen LogP contribution in [-0.4, -0.2) is 9.97 Å². The maximum Gasteiger partial charge on any atom is 0.160 e. The molecule has 2 nitrogen and oxygen atoms in total. The number of hydrogen-bond acceptors (Lipinski definition) is 2. The molecule has 1 aromatic heterocycles. The van der Waals surface area contributed by atoms with Crippen LogP contribution in [0.25, 0.3) is 121 Å². The molecule has 0 spiro atoms. The van der Waals surface area contributed by atoms with Crippen molar-refractivity contribution in [2.45, 2.75) is 0 Å². The fourth-order valence-corrected chi connectivity index (χ4v) is 9.33. The van der Waals surface area contributed by atoms with E-state index in [1.165, 1.54) is 81.3 Å². The molecule has 1 heterocycles. The molecule has 0 aliphatic carbocycles. The molecule has 0 N–H and O–H groups in total. The number of hydrogen-bond donors (Lipinski definition) is 0. The van der Waals surface area contributed by atoms with Gasteiger partial charge in [-0.05, 0) is 105 Å². The lowest BCUT2D eigenvalue weighted by atomic mass is 9.89. The summed E-state index contributed by atoms with van der Waals surface area (Å²) in [7, 11) is 0. The lowest BCUT2D eigenvalue weighted by Gasteiger charge is -2.16. The Hall–Kier alpha value is -7.94. The average Bonchev–Trinajstić information content (AvgIpc) is 3.32. The summed E-state index contributed by atoms with van der Waals surface area (Å²) in [4.78, 5) is 10.8. The van der Waals surface area contributed by atoms with Gasteiger partial charge < -0.3 is 0 Å². The lowest BCUT2D eigenvalue weighted by molar-refractivity contribution is 1.19. The van der Waals surface area contributed by atoms with Crippen LogP contribution in [-0.2, 0) is 0 Å². The van der Waals surface area contributed by atoms with Crippen molar-refractivity contribution in [1.82, 2.24) is 9.97 Å². The molecule has 2 heteroatoms. The lowest BCUT2D eigenvalue weighted by Crippen LogP contribution is -1.97. The molecule has 0 saturated heterocycles. The molecule has 0 amide bonds. The molecule has 0 bridgehead atoms. The Morgan fingerprint density at radius 2 is 0.650 bits per heavy atom. The minimum Gasteiger partial charge on any atom is -0.228 e. The monoisotopic (exact) mass is 760 g/mol. The van der Waals surface area contributed by atoms with Crippen LogP contribution in [0.2, 0.25) is 0 Å². The molecule has 0 saturated carbocycles. The summed E-state index contributed by atoms with van der Waals surface area (Å²) in [6.45, 7) is 0. The van der Waals surface area contributed by atoms with Gasteiger partial charge in [0.05, 0.1) is 11.4 Å². The molecule has 0 unspecified atom stereocenters.